The van der Waals surface area contributed by atoms with Gasteiger partial charge in [0.05, 0.1) is 33.9 Å². The number of β-amino-alcohol motifs (C(OH)–C–C–N with tert-alkyl or cyclic N) is 1. The van der Waals surface area contributed by atoms with Crippen molar-refractivity contribution in [2.45, 2.75) is 112 Å². The highest BCUT2D eigenvalue weighted by atomic mass is 32.1. The Hall–Kier alpha value is -5.05. The molecule has 12 nitrogen and oxygen atoms in total. The van der Waals surface area contributed by atoms with Gasteiger partial charge in [0.15, 0.2) is 5.82 Å². The molecule has 2 aliphatic heterocycles. The van der Waals surface area contributed by atoms with Gasteiger partial charge < -0.3 is 20.6 Å². The number of rotatable bonds is 10. The minimum Gasteiger partial charge on any atom is -0.391 e. The third kappa shape index (κ3) is 8.14. The summed E-state index contributed by atoms with van der Waals surface area (Å²) in [5, 5.41) is 26.6. The number of benzene rings is 2. The number of aliphatic imine (C=N–C) groups is 1. The van der Waals surface area contributed by atoms with Crippen LogP contribution >= 0.6 is 22.7 Å². The third-order valence-corrected chi connectivity index (χ3v) is 13.5. The molecule has 58 heavy (non-hydrogen) atoms. The highest BCUT2D eigenvalue weighted by molar-refractivity contribution is 7.15. The van der Waals surface area contributed by atoms with E-state index in [4.69, 9.17) is 4.99 Å². The second-order valence-electron chi connectivity index (χ2n) is 16.6. The number of aliphatic hydroxyl groups excluding tert-OH is 1. The molecule has 3 amide bonds. The first-order valence-electron chi connectivity index (χ1n) is 19.8. The maximum Gasteiger partial charge on any atom is 0.246 e. The Morgan fingerprint density at radius 2 is 1.66 bits per heavy atom. The lowest BCUT2D eigenvalue weighted by molar-refractivity contribution is -0.144. The van der Waals surface area contributed by atoms with Crippen LogP contribution in [0.5, 0.6) is 0 Å². The second kappa shape index (κ2) is 16.3. The first-order valence-corrected chi connectivity index (χ1v) is 21.5. The number of likely N-dealkylation sites (tertiary alicyclic amines) is 1. The molecule has 5 atom stereocenters. The summed E-state index contributed by atoms with van der Waals surface area (Å²) in [5.74, 6) is 0.657. The summed E-state index contributed by atoms with van der Waals surface area (Å²) in [6.45, 7) is 17.8. The number of aryl methyl sites for hydroxylation is 4. The minimum absolute atomic E-state index is 0.0123. The number of thiophene rings is 1. The van der Waals surface area contributed by atoms with Gasteiger partial charge in [0.1, 0.15) is 29.0 Å². The second-order valence-corrected chi connectivity index (χ2v) is 18.7. The lowest BCUT2D eigenvalue weighted by Crippen LogP contribution is -2.57. The molecule has 0 radical (unpaired) electrons. The van der Waals surface area contributed by atoms with Gasteiger partial charge in [-0.05, 0) is 75.6 Å². The average Bonchev–Trinajstić information content (AvgIpc) is 3.95. The zero-order valence-corrected chi connectivity index (χ0v) is 36.2. The number of aliphatic hydroxyl groups is 1. The van der Waals surface area contributed by atoms with Gasteiger partial charge in [0, 0.05) is 35.4 Å². The molecule has 5 heterocycles. The molecule has 0 aliphatic carbocycles. The molecule has 3 aromatic heterocycles. The summed E-state index contributed by atoms with van der Waals surface area (Å²) in [4.78, 5) is 54.7. The van der Waals surface area contributed by atoms with Crippen molar-refractivity contribution in [3.05, 3.63) is 104 Å². The molecule has 2 aromatic carbocycles. The SMILES string of the molecule is Cc1ncsc1-c1ccc(C(C)NC(=O)[C@@H]2C[C@@H](O)CN2C(=O)C(NC(=O)CCc2ccc(C3=N[C@@H](C)c4nnc(C)n4-c4sc(C)c(C)c43)cc2)C(C)(C)C)cc1. The van der Waals surface area contributed by atoms with Gasteiger partial charge in [0.2, 0.25) is 17.7 Å². The van der Waals surface area contributed by atoms with E-state index in [1.165, 1.54) is 15.3 Å². The van der Waals surface area contributed by atoms with Gasteiger partial charge in [-0.2, -0.15) is 0 Å². The standard InChI is InChI=1S/C44H52N8O4S2/c1-23-27(5)58-43-36(23)37(46-26(4)40-50-49-28(6)52(40)43)31-13-10-29(11-14-31)12-19-35(54)48-39(44(7,8)9)42(56)51-21-33(53)20-34(51)41(55)47-24(2)30-15-17-32(18-16-30)38-25(3)45-22-57-38/h10-11,13-18,22,24,26,33-34,39,53H,12,19-21H2,1-9H3,(H,47,55)(H,48,54)/t24?,26-,33+,34-,39?/m0/s1. The molecule has 2 aliphatic rings. The normalized spacial score (nSPS) is 18.8. The Labute approximate surface area is 347 Å². The van der Waals surface area contributed by atoms with Crippen LogP contribution in [0.1, 0.15) is 110 Å². The third-order valence-electron chi connectivity index (χ3n) is 11.3. The lowest BCUT2D eigenvalue weighted by atomic mass is 9.85. The Morgan fingerprint density at radius 3 is 2.31 bits per heavy atom. The molecule has 2 unspecified atom stereocenters. The van der Waals surface area contributed by atoms with Gasteiger partial charge in [-0.3, -0.25) is 23.9 Å². The van der Waals surface area contributed by atoms with Crippen LogP contribution in [0.3, 0.4) is 0 Å². The number of thiazole rings is 1. The van der Waals surface area contributed by atoms with Crippen LogP contribution in [0, 0.1) is 33.1 Å². The molecule has 3 N–H and O–H groups in total. The quantitative estimate of drug-likeness (QED) is 0.139. The highest BCUT2D eigenvalue weighted by Crippen LogP contribution is 2.39. The van der Waals surface area contributed by atoms with Crippen molar-refractivity contribution in [3.63, 3.8) is 0 Å². The van der Waals surface area contributed by atoms with Gasteiger partial charge >= 0.3 is 0 Å². The molecule has 304 valence electrons. The molecule has 1 fully saturated rings. The predicted octanol–water partition coefficient (Wildman–Crippen LogP) is 6.90. The lowest BCUT2D eigenvalue weighted by Gasteiger charge is -2.35. The van der Waals surface area contributed by atoms with Crippen molar-refractivity contribution in [1.29, 1.82) is 0 Å². The molecule has 0 bridgehead atoms. The maximum absolute atomic E-state index is 14.2. The van der Waals surface area contributed by atoms with Crippen LogP contribution in [0.4, 0.5) is 0 Å². The van der Waals surface area contributed by atoms with Crippen molar-refractivity contribution < 1.29 is 19.5 Å². The number of hydrogen-bond acceptors (Lipinski definition) is 10. The maximum atomic E-state index is 14.2. The van der Waals surface area contributed by atoms with E-state index in [1.807, 2.05) is 90.4 Å². The number of hydrogen-bond donors (Lipinski definition) is 3. The van der Waals surface area contributed by atoms with E-state index in [-0.39, 0.29) is 49.2 Å². The van der Waals surface area contributed by atoms with E-state index in [2.05, 4.69) is 56.4 Å². The van der Waals surface area contributed by atoms with Crippen LogP contribution < -0.4 is 10.6 Å². The van der Waals surface area contributed by atoms with E-state index in [1.54, 1.807) is 22.7 Å². The summed E-state index contributed by atoms with van der Waals surface area (Å²) in [6, 6.07) is 13.9. The van der Waals surface area contributed by atoms with Crippen molar-refractivity contribution in [1.82, 2.24) is 35.3 Å². The summed E-state index contributed by atoms with van der Waals surface area (Å²) in [7, 11) is 0. The van der Waals surface area contributed by atoms with E-state index in [0.29, 0.717) is 6.42 Å². The monoisotopic (exact) mass is 820 g/mol. The number of carbonyl (C=O) groups excluding carboxylic acids is 3. The zero-order valence-electron chi connectivity index (χ0n) is 34.6. The van der Waals surface area contributed by atoms with Crippen LogP contribution in [-0.4, -0.2) is 77.9 Å². The Bertz CT molecular complexity index is 2370. The molecule has 5 aromatic rings. The summed E-state index contributed by atoms with van der Waals surface area (Å²) >= 11 is 3.31. The fourth-order valence-corrected chi connectivity index (χ4v) is 9.84. The van der Waals surface area contributed by atoms with E-state index >= 15 is 0 Å². The smallest absolute Gasteiger partial charge is 0.246 e. The topological polar surface area (TPSA) is 155 Å². The van der Waals surface area contributed by atoms with Gasteiger partial charge in [-0.15, -0.1) is 32.9 Å². The number of amides is 3. The Balaban J connectivity index is 0.996. The average molecular weight is 821 g/mol. The summed E-state index contributed by atoms with van der Waals surface area (Å²) in [5.41, 5.74) is 9.27. The van der Waals surface area contributed by atoms with Crippen molar-refractivity contribution in [2.24, 2.45) is 10.4 Å². The molecule has 0 spiro atoms. The van der Waals surface area contributed by atoms with Crippen LogP contribution in [-0.2, 0) is 20.8 Å². The van der Waals surface area contributed by atoms with E-state index < -0.39 is 23.6 Å². The number of aromatic nitrogens is 4. The molecule has 14 heteroatoms. The fraction of sp³-hybridized carbons (Fsp3) is 0.432. The zero-order chi connectivity index (χ0) is 41.6. The van der Waals surface area contributed by atoms with Crippen molar-refractivity contribution in [3.8, 4) is 15.4 Å². The first kappa shape index (κ1) is 41.1. The summed E-state index contributed by atoms with van der Waals surface area (Å²) in [6.07, 6.45) is -0.0961. The minimum atomic E-state index is -0.904. The molecular formula is C44H52N8O4S2. The molecule has 1 saturated heterocycles. The molecule has 0 saturated carbocycles. The summed E-state index contributed by atoms with van der Waals surface area (Å²) < 4.78 is 2.12. The van der Waals surface area contributed by atoms with Crippen molar-refractivity contribution >= 4 is 46.1 Å². The fourth-order valence-electron chi connectivity index (χ4n) is 7.82. The number of fused-ring (bicyclic) bond motifs is 3. The number of nitrogens with one attached hydrogen (secondary N) is 2. The first-order chi connectivity index (χ1) is 27.5. The van der Waals surface area contributed by atoms with Crippen LogP contribution in [0.15, 0.2) is 59.0 Å². The van der Waals surface area contributed by atoms with Gasteiger partial charge in [-0.25, -0.2) is 4.98 Å². The van der Waals surface area contributed by atoms with E-state index in [0.717, 1.165) is 60.7 Å². The largest absolute Gasteiger partial charge is 0.391 e. The molecule has 7 rings (SSSR count). The van der Waals surface area contributed by atoms with Gasteiger partial charge in [0.25, 0.3) is 0 Å². The molecular weight excluding hydrogens is 769 g/mol. The van der Waals surface area contributed by atoms with Crippen LogP contribution in [0.25, 0.3) is 15.4 Å². The van der Waals surface area contributed by atoms with E-state index in [9.17, 15) is 19.5 Å². The van der Waals surface area contributed by atoms with Gasteiger partial charge in [-0.1, -0.05) is 69.3 Å². The Morgan fingerprint density at radius 1 is 0.966 bits per heavy atom. The number of nitrogens with zero attached hydrogens (tertiary/aromatic N) is 6. The predicted molar refractivity (Wildman–Crippen MR) is 229 cm³/mol. The number of carbonyl (C=O) groups is 3. The Kier molecular flexibility index (Phi) is 11.6. The van der Waals surface area contributed by atoms with Crippen LogP contribution in [0.2, 0.25) is 0 Å². The highest BCUT2D eigenvalue weighted by Gasteiger charge is 2.44. The van der Waals surface area contributed by atoms with Crippen molar-refractivity contribution in [2.75, 3.05) is 6.54 Å².